The number of ether oxygens (including phenoxy) is 1. The topological polar surface area (TPSA) is 26.3 Å². The zero-order chi connectivity index (χ0) is 9.35. The molecule has 0 amide bonds. The van der Waals surface area contributed by atoms with Crippen LogP contribution in [-0.2, 0) is 9.53 Å². The molecule has 0 aromatic rings. The van der Waals surface area contributed by atoms with Crippen molar-refractivity contribution in [3.63, 3.8) is 0 Å². The molecule has 0 bridgehead atoms. The van der Waals surface area contributed by atoms with Gasteiger partial charge in [0.25, 0.3) is 0 Å². The zero-order valence-electron chi connectivity index (χ0n) is 7.60. The summed E-state index contributed by atoms with van der Waals surface area (Å²) in [6.07, 6.45) is -0.0810. The van der Waals surface area contributed by atoms with Crippen molar-refractivity contribution in [3.8, 4) is 0 Å². The molecule has 2 nitrogen and oxygen atoms in total. The minimum absolute atomic E-state index is 0. The van der Waals surface area contributed by atoms with Gasteiger partial charge in [0.2, 0.25) is 0 Å². The largest absolute Gasteiger partial charge is 1.00 e. The van der Waals surface area contributed by atoms with E-state index in [0.717, 1.165) is 0 Å². The first kappa shape index (κ1) is 14.0. The van der Waals surface area contributed by atoms with Crippen molar-refractivity contribution in [2.24, 2.45) is 5.92 Å². The molecule has 1 aliphatic rings. The second-order valence-corrected chi connectivity index (χ2v) is 2.88. The van der Waals surface area contributed by atoms with E-state index in [9.17, 15) is 17.7 Å². The molecule has 0 unspecified atom stereocenters. The quantitative estimate of drug-likeness (QED) is 0.440. The van der Waals surface area contributed by atoms with Crippen molar-refractivity contribution < 1.29 is 73.9 Å². The number of esters is 1. The van der Waals surface area contributed by atoms with Crippen LogP contribution in [0.1, 0.15) is 13.3 Å². The molecule has 0 aromatic heterocycles. The number of halogens is 3. The van der Waals surface area contributed by atoms with Crippen LogP contribution in [0.25, 0.3) is 0 Å². The Hall–Kier alpha value is 0.961. The van der Waals surface area contributed by atoms with Gasteiger partial charge in [0.1, 0.15) is 0 Å². The van der Waals surface area contributed by atoms with Crippen LogP contribution in [0.5, 0.6) is 0 Å². The molecule has 1 fully saturated rings. The van der Waals surface area contributed by atoms with Crippen LogP contribution in [0.3, 0.4) is 0 Å². The average Bonchev–Trinajstić information content (AvgIpc) is 2.62. The molecule has 0 spiro atoms. The fourth-order valence-electron chi connectivity index (χ4n) is 1.15. The summed E-state index contributed by atoms with van der Waals surface area (Å²) in [6.45, 7) is -3.12. The van der Waals surface area contributed by atoms with Crippen LogP contribution in [0.2, 0.25) is 5.82 Å². The summed E-state index contributed by atoms with van der Waals surface area (Å²) in [5.41, 5.74) is 0. The summed E-state index contributed by atoms with van der Waals surface area (Å²) in [6, 6.07) is 0. The van der Waals surface area contributed by atoms with Gasteiger partial charge in [-0.05, 0) is 6.92 Å². The maximum absolute atomic E-state index is 11.9. The number of carbonyl (C=O) groups is 1. The number of hydrogen-bond donors (Lipinski definition) is 0. The Kier molecular flexibility index (Phi) is 5.54. The Morgan fingerprint density at radius 3 is 2.38 bits per heavy atom. The first-order chi connectivity index (χ1) is 5.46. The summed E-state index contributed by atoms with van der Waals surface area (Å²) in [7, 11) is 0. The summed E-state index contributed by atoms with van der Waals surface area (Å²) in [4.78, 5) is 10.8. The first-order valence-corrected chi connectivity index (χ1v) is 3.83. The predicted molar refractivity (Wildman–Crippen MR) is 37.6 cm³/mol. The van der Waals surface area contributed by atoms with Gasteiger partial charge < -0.3 is 17.7 Å². The van der Waals surface area contributed by atoms with E-state index >= 15 is 0 Å². The van der Waals surface area contributed by atoms with Gasteiger partial charge in [-0.15, -0.1) is 0 Å². The van der Waals surface area contributed by atoms with Crippen LogP contribution in [-0.4, -0.2) is 19.6 Å². The Labute approximate surface area is 117 Å². The van der Waals surface area contributed by atoms with Gasteiger partial charge in [-0.25, -0.2) is 0 Å². The Bertz CT molecular complexity index is 197. The van der Waals surface area contributed by atoms with Gasteiger partial charge in [0.15, 0.2) is 0 Å². The van der Waals surface area contributed by atoms with Crippen molar-refractivity contribution >= 4 is 12.9 Å². The van der Waals surface area contributed by atoms with Gasteiger partial charge in [-0.2, -0.15) is 0 Å². The van der Waals surface area contributed by atoms with Crippen LogP contribution in [0.4, 0.5) is 12.9 Å². The number of carbonyl (C=O) groups excluding carboxylic acids is 1. The molecule has 1 aliphatic carbocycles. The van der Waals surface area contributed by atoms with E-state index in [-0.39, 0.29) is 64.4 Å². The molecule has 0 saturated heterocycles. The third-order valence-electron chi connectivity index (χ3n) is 1.91. The molecular weight excluding hydrogens is 211 g/mol. The van der Waals surface area contributed by atoms with E-state index in [1.54, 1.807) is 6.92 Å². The molecule has 0 N–H and O–H groups in total. The smallest absolute Gasteiger partial charge is 0.466 e. The normalized spacial score (nSPS) is 26.2. The first-order valence-electron chi connectivity index (χ1n) is 3.83. The molecule has 1 saturated carbocycles. The molecule has 1 rings (SSSR count). The fourth-order valence-corrected chi connectivity index (χ4v) is 1.15. The van der Waals surface area contributed by atoms with Gasteiger partial charge in [-0.1, -0.05) is 12.2 Å². The predicted octanol–water partition coefficient (Wildman–Crippen LogP) is -1.21. The van der Waals surface area contributed by atoms with Gasteiger partial charge >= 0.3 is 64.3 Å². The van der Waals surface area contributed by atoms with E-state index in [1.165, 1.54) is 0 Å². The van der Waals surface area contributed by atoms with Crippen molar-refractivity contribution in [1.82, 2.24) is 0 Å². The van der Waals surface area contributed by atoms with Gasteiger partial charge in [0, 0.05) is 5.92 Å². The summed E-state index contributed by atoms with van der Waals surface area (Å²) in [5, 5.41) is 0. The Morgan fingerprint density at radius 2 is 2.08 bits per heavy atom. The van der Waals surface area contributed by atoms with Crippen molar-refractivity contribution in [2.45, 2.75) is 19.2 Å². The van der Waals surface area contributed by atoms with Crippen molar-refractivity contribution in [2.75, 3.05) is 6.61 Å². The monoisotopic (exact) mass is 220 g/mol. The van der Waals surface area contributed by atoms with Crippen molar-refractivity contribution in [1.29, 1.82) is 0 Å². The molecule has 2 atom stereocenters. The van der Waals surface area contributed by atoms with Gasteiger partial charge in [0.05, 0.1) is 6.61 Å². The zero-order valence-corrected chi connectivity index (χ0v) is 10.7. The summed E-state index contributed by atoms with van der Waals surface area (Å²) >= 11 is 0. The molecule has 0 aliphatic heterocycles. The average molecular weight is 220 g/mol. The second-order valence-electron chi connectivity index (χ2n) is 2.88. The summed E-state index contributed by atoms with van der Waals surface area (Å²) < 4.78 is 40.3. The molecule has 0 aromatic carbocycles. The van der Waals surface area contributed by atoms with E-state index < -0.39 is 24.7 Å². The molecule has 7 heteroatoms. The Balaban J connectivity index is 0.00000144. The minimum atomic E-state index is -4.84. The van der Waals surface area contributed by atoms with Crippen LogP contribution < -0.4 is 51.4 Å². The molecule has 70 valence electrons. The molecule has 0 heterocycles. The molecular formula is C6H9BF3KO2. The molecule has 13 heavy (non-hydrogen) atoms. The van der Waals surface area contributed by atoms with E-state index in [1.807, 2.05) is 0 Å². The molecule has 0 radical (unpaired) electrons. The van der Waals surface area contributed by atoms with Crippen LogP contribution in [0.15, 0.2) is 0 Å². The SMILES string of the molecule is CCOC(=O)[C@H]1C[C@@H]1[B-](F)(F)F.[K+]. The summed E-state index contributed by atoms with van der Waals surface area (Å²) in [5.74, 6) is -3.02. The van der Waals surface area contributed by atoms with Crippen LogP contribution in [0, 0.1) is 5.92 Å². The minimum Gasteiger partial charge on any atom is -0.466 e. The second kappa shape index (κ2) is 5.16. The van der Waals surface area contributed by atoms with Crippen LogP contribution >= 0.6 is 0 Å². The standard InChI is InChI=1S/C6H9BF3O2.K/c1-2-12-6(11)4-3-5(4)7(8,9)10;/h4-5H,2-3H2,1H3;/q-1;+1/t4-,5-;/m0./s1. The van der Waals surface area contributed by atoms with E-state index in [4.69, 9.17) is 0 Å². The van der Waals surface area contributed by atoms with E-state index in [0.29, 0.717) is 0 Å². The maximum Gasteiger partial charge on any atom is 1.00 e. The fraction of sp³-hybridized carbons (Fsp3) is 0.833. The van der Waals surface area contributed by atoms with E-state index in [2.05, 4.69) is 4.74 Å². The number of hydrogen-bond acceptors (Lipinski definition) is 2. The van der Waals surface area contributed by atoms with Crippen molar-refractivity contribution in [3.05, 3.63) is 0 Å². The Morgan fingerprint density at radius 1 is 1.54 bits per heavy atom. The third-order valence-corrected chi connectivity index (χ3v) is 1.91. The third kappa shape index (κ3) is 3.91. The number of rotatable bonds is 3. The maximum atomic E-state index is 11.9. The van der Waals surface area contributed by atoms with Gasteiger partial charge in [-0.3, -0.25) is 4.79 Å².